The molecule has 27 heavy (non-hydrogen) atoms. The van der Waals surface area contributed by atoms with E-state index in [0.29, 0.717) is 17.9 Å². The van der Waals surface area contributed by atoms with Gasteiger partial charge < -0.3 is 14.6 Å². The van der Waals surface area contributed by atoms with Gasteiger partial charge in [0, 0.05) is 23.8 Å². The number of carbonyl (C=O) groups is 2. The van der Waals surface area contributed by atoms with Gasteiger partial charge in [-0.3, -0.25) is 9.59 Å². The van der Waals surface area contributed by atoms with Crippen molar-refractivity contribution in [2.75, 3.05) is 11.9 Å². The summed E-state index contributed by atoms with van der Waals surface area (Å²) < 4.78 is 7.14. The molecule has 0 unspecified atom stereocenters. The van der Waals surface area contributed by atoms with E-state index in [-0.39, 0.29) is 18.3 Å². The zero-order valence-electron chi connectivity index (χ0n) is 15.3. The third kappa shape index (κ3) is 3.45. The number of aryl methyl sites for hydroxylation is 2. The van der Waals surface area contributed by atoms with Crippen molar-refractivity contribution in [3.05, 3.63) is 65.4 Å². The molecule has 1 N–H and O–H groups in total. The number of benzene rings is 2. The van der Waals surface area contributed by atoms with E-state index in [1.807, 2.05) is 42.6 Å². The summed E-state index contributed by atoms with van der Waals surface area (Å²) in [6, 6.07) is 13.5. The van der Waals surface area contributed by atoms with Crippen LogP contribution in [0.1, 0.15) is 34.8 Å². The van der Waals surface area contributed by atoms with Gasteiger partial charge in [0.15, 0.2) is 0 Å². The predicted molar refractivity (Wildman–Crippen MR) is 105 cm³/mol. The molecule has 0 fully saturated rings. The van der Waals surface area contributed by atoms with Crippen LogP contribution >= 0.6 is 0 Å². The third-order valence-electron chi connectivity index (χ3n) is 4.94. The Morgan fingerprint density at radius 2 is 1.96 bits per heavy atom. The Kier molecular flexibility index (Phi) is 4.67. The first kappa shape index (κ1) is 17.3. The Morgan fingerprint density at radius 1 is 1.15 bits per heavy atom. The molecule has 138 valence electrons. The molecule has 0 saturated carbocycles. The van der Waals surface area contributed by atoms with Crippen molar-refractivity contribution in [3.8, 4) is 0 Å². The minimum atomic E-state index is -0.247. The van der Waals surface area contributed by atoms with Crippen molar-refractivity contribution in [2.24, 2.45) is 0 Å². The highest BCUT2D eigenvalue weighted by Gasteiger charge is 2.19. The number of ether oxygens (including phenoxy) is 1. The maximum absolute atomic E-state index is 12.8. The summed E-state index contributed by atoms with van der Waals surface area (Å²) in [5.41, 5.74) is 4.75. The number of carbonyl (C=O) groups excluding carboxylic acids is 2. The van der Waals surface area contributed by atoms with Crippen LogP contribution in [-0.2, 0) is 28.9 Å². The van der Waals surface area contributed by atoms with E-state index in [1.165, 1.54) is 11.1 Å². The number of esters is 1. The quantitative estimate of drug-likeness (QED) is 0.699. The molecule has 1 aliphatic rings. The smallest absolute Gasteiger partial charge is 0.310 e. The van der Waals surface area contributed by atoms with Crippen molar-refractivity contribution in [1.29, 1.82) is 0 Å². The number of nitrogens with one attached hydrogen (secondary N) is 1. The number of rotatable bonds is 5. The number of aromatic nitrogens is 1. The molecule has 2 aromatic carbocycles. The molecule has 5 heteroatoms. The molecule has 3 aromatic rings. The summed E-state index contributed by atoms with van der Waals surface area (Å²) in [6.45, 7) is 3.11. The lowest BCUT2D eigenvalue weighted by Gasteiger charge is -2.14. The zero-order valence-corrected chi connectivity index (χ0v) is 15.3. The molecule has 1 aromatic heterocycles. The Labute approximate surface area is 157 Å². The van der Waals surface area contributed by atoms with Crippen molar-refractivity contribution in [2.45, 2.75) is 32.7 Å². The number of para-hydroxylation sites is 1. The van der Waals surface area contributed by atoms with Gasteiger partial charge in [0.1, 0.15) is 0 Å². The van der Waals surface area contributed by atoms with Gasteiger partial charge in [0.05, 0.1) is 24.1 Å². The summed E-state index contributed by atoms with van der Waals surface area (Å²) in [7, 11) is 0. The van der Waals surface area contributed by atoms with Crippen LogP contribution in [0, 0.1) is 0 Å². The fourth-order valence-electron chi connectivity index (χ4n) is 3.72. The van der Waals surface area contributed by atoms with Gasteiger partial charge in [0.25, 0.3) is 5.91 Å². The molecule has 1 aliphatic heterocycles. The van der Waals surface area contributed by atoms with Crippen LogP contribution in [0.4, 0.5) is 5.69 Å². The van der Waals surface area contributed by atoms with Gasteiger partial charge >= 0.3 is 5.97 Å². The summed E-state index contributed by atoms with van der Waals surface area (Å²) in [5.74, 6) is -0.362. The molecule has 0 radical (unpaired) electrons. The van der Waals surface area contributed by atoms with Crippen LogP contribution in [0.5, 0.6) is 0 Å². The highest BCUT2D eigenvalue weighted by Crippen LogP contribution is 2.29. The second kappa shape index (κ2) is 7.27. The predicted octanol–water partition coefficient (Wildman–Crippen LogP) is 3.95. The molecule has 1 amide bonds. The summed E-state index contributed by atoms with van der Waals surface area (Å²) in [4.78, 5) is 24.4. The number of anilines is 1. The molecule has 0 saturated heterocycles. The Morgan fingerprint density at radius 3 is 2.74 bits per heavy atom. The van der Waals surface area contributed by atoms with Crippen LogP contribution in [0.2, 0.25) is 0 Å². The van der Waals surface area contributed by atoms with E-state index in [4.69, 9.17) is 4.74 Å². The van der Waals surface area contributed by atoms with Crippen LogP contribution < -0.4 is 5.32 Å². The Balaban J connectivity index is 1.52. The molecular weight excluding hydrogens is 340 g/mol. The van der Waals surface area contributed by atoms with E-state index in [0.717, 1.165) is 30.3 Å². The molecule has 0 spiro atoms. The van der Waals surface area contributed by atoms with Crippen molar-refractivity contribution in [3.63, 3.8) is 0 Å². The van der Waals surface area contributed by atoms with Gasteiger partial charge in [-0.2, -0.15) is 0 Å². The third-order valence-corrected chi connectivity index (χ3v) is 4.94. The van der Waals surface area contributed by atoms with E-state index < -0.39 is 0 Å². The van der Waals surface area contributed by atoms with E-state index in [9.17, 15) is 9.59 Å². The second-order valence-electron chi connectivity index (χ2n) is 6.79. The summed E-state index contributed by atoms with van der Waals surface area (Å²) in [6.07, 6.45) is 4.35. The largest absolute Gasteiger partial charge is 0.466 e. The minimum absolute atomic E-state index is 0.115. The average Bonchev–Trinajstić information content (AvgIpc) is 3.05. The molecule has 4 rings (SSSR count). The maximum Gasteiger partial charge on any atom is 0.310 e. The fraction of sp³-hybridized carbons (Fsp3) is 0.273. The number of hydrogen-bond acceptors (Lipinski definition) is 3. The lowest BCUT2D eigenvalue weighted by molar-refractivity contribution is -0.142. The van der Waals surface area contributed by atoms with Gasteiger partial charge in [-0.1, -0.05) is 30.3 Å². The van der Waals surface area contributed by atoms with Crippen LogP contribution in [0.25, 0.3) is 10.9 Å². The zero-order chi connectivity index (χ0) is 18.8. The first-order valence-electron chi connectivity index (χ1n) is 9.32. The van der Waals surface area contributed by atoms with Crippen LogP contribution in [0.15, 0.2) is 48.7 Å². The molecule has 0 aliphatic carbocycles. The highest BCUT2D eigenvalue weighted by atomic mass is 16.5. The first-order chi connectivity index (χ1) is 13.2. The average molecular weight is 362 g/mol. The molecule has 0 bridgehead atoms. The van der Waals surface area contributed by atoms with Gasteiger partial charge in [0.2, 0.25) is 0 Å². The highest BCUT2D eigenvalue weighted by molar-refractivity contribution is 6.13. The van der Waals surface area contributed by atoms with Crippen molar-refractivity contribution in [1.82, 2.24) is 4.57 Å². The lowest BCUT2D eigenvalue weighted by Crippen LogP contribution is -2.12. The van der Waals surface area contributed by atoms with Crippen LogP contribution in [0.3, 0.4) is 0 Å². The van der Waals surface area contributed by atoms with E-state index in [2.05, 4.69) is 16.0 Å². The number of amides is 1. The second-order valence-corrected chi connectivity index (χ2v) is 6.79. The van der Waals surface area contributed by atoms with Crippen LogP contribution in [-0.4, -0.2) is 23.1 Å². The van der Waals surface area contributed by atoms with Crippen molar-refractivity contribution < 1.29 is 14.3 Å². The maximum atomic E-state index is 12.8. The SMILES string of the molecule is CCOC(=O)Cc1ccc(NC(=O)c2cn3c4c(cccc24)CCC3)cc1. The van der Waals surface area contributed by atoms with Gasteiger partial charge in [-0.15, -0.1) is 0 Å². The lowest BCUT2D eigenvalue weighted by atomic mass is 10.0. The van der Waals surface area contributed by atoms with Gasteiger partial charge in [-0.25, -0.2) is 0 Å². The van der Waals surface area contributed by atoms with E-state index >= 15 is 0 Å². The fourth-order valence-corrected chi connectivity index (χ4v) is 3.72. The Bertz CT molecular complexity index is 1000. The normalized spacial score (nSPS) is 12.8. The molecular formula is C22H22N2O3. The first-order valence-corrected chi connectivity index (χ1v) is 9.32. The van der Waals surface area contributed by atoms with Crippen molar-refractivity contribution >= 4 is 28.5 Å². The van der Waals surface area contributed by atoms with E-state index in [1.54, 1.807) is 6.92 Å². The number of hydrogen-bond donors (Lipinski definition) is 1. The minimum Gasteiger partial charge on any atom is -0.466 e. The Hall–Kier alpha value is -3.08. The number of nitrogens with zero attached hydrogens (tertiary/aromatic N) is 1. The molecule has 2 heterocycles. The summed E-state index contributed by atoms with van der Waals surface area (Å²) in [5, 5.41) is 3.97. The van der Waals surface area contributed by atoms with Gasteiger partial charge in [-0.05, 0) is 43.0 Å². The standard InChI is InChI=1S/C22H22N2O3/c1-2-27-20(25)13-15-8-10-17(11-9-15)23-22(26)19-14-24-12-4-6-16-5-3-7-18(19)21(16)24/h3,5,7-11,14H,2,4,6,12-13H2,1H3,(H,23,26). The molecule has 0 atom stereocenters. The topological polar surface area (TPSA) is 60.3 Å². The monoisotopic (exact) mass is 362 g/mol. The molecule has 5 nitrogen and oxygen atoms in total. The summed E-state index contributed by atoms with van der Waals surface area (Å²) >= 11 is 0.